The highest BCUT2D eigenvalue weighted by atomic mass is 16.6. The van der Waals surface area contributed by atoms with Crippen LogP contribution in [0.5, 0.6) is 0 Å². The van der Waals surface area contributed by atoms with Crippen molar-refractivity contribution in [1.82, 2.24) is 4.90 Å². The van der Waals surface area contributed by atoms with Crippen molar-refractivity contribution >= 4 is 6.21 Å². The van der Waals surface area contributed by atoms with Crippen LogP contribution in [0.2, 0.25) is 0 Å². The van der Waals surface area contributed by atoms with Crippen LogP contribution in [-0.2, 0) is 4.84 Å². The number of hydrogen-bond donors (Lipinski definition) is 0. The molecule has 14 heavy (non-hydrogen) atoms. The van der Waals surface area contributed by atoms with E-state index in [4.69, 9.17) is 11.3 Å². The van der Waals surface area contributed by atoms with Gasteiger partial charge in [-0.05, 0) is 32.4 Å². The van der Waals surface area contributed by atoms with Crippen molar-refractivity contribution in [3.8, 4) is 12.3 Å². The molecule has 2 rings (SSSR count). The Labute approximate surface area is 85.1 Å². The van der Waals surface area contributed by atoms with Crippen LogP contribution in [0.25, 0.3) is 0 Å². The Morgan fingerprint density at radius 2 is 2.43 bits per heavy atom. The van der Waals surface area contributed by atoms with Crippen LogP contribution >= 0.6 is 0 Å². The summed E-state index contributed by atoms with van der Waals surface area (Å²) in [5, 5.41) is 3.96. The van der Waals surface area contributed by atoms with E-state index in [1.54, 1.807) is 0 Å². The van der Waals surface area contributed by atoms with Crippen LogP contribution in [0.15, 0.2) is 5.16 Å². The zero-order valence-corrected chi connectivity index (χ0v) is 8.41. The minimum Gasteiger partial charge on any atom is -0.383 e. The Hall–Kier alpha value is -1.01. The molecule has 3 heteroatoms. The summed E-state index contributed by atoms with van der Waals surface area (Å²) in [6.07, 6.45) is 10.8. The van der Waals surface area contributed by atoms with Gasteiger partial charge in [-0.2, -0.15) is 0 Å². The minimum absolute atomic E-state index is 0.274. The van der Waals surface area contributed by atoms with Gasteiger partial charge in [-0.3, -0.25) is 0 Å². The SMILES string of the molecule is C#CCON=CC12CCCN(CC1)C2. The van der Waals surface area contributed by atoms with Gasteiger partial charge in [0.05, 0.1) is 6.21 Å². The molecule has 2 saturated heterocycles. The lowest BCUT2D eigenvalue weighted by Crippen LogP contribution is -2.34. The fourth-order valence-electron chi connectivity index (χ4n) is 2.43. The Morgan fingerprint density at radius 1 is 1.50 bits per heavy atom. The summed E-state index contributed by atoms with van der Waals surface area (Å²) in [5.41, 5.74) is 0.285. The molecule has 0 aromatic carbocycles. The minimum atomic E-state index is 0.274. The van der Waals surface area contributed by atoms with Crippen molar-refractivity contribution < 1.29 is 4.84 Å². The van der Waals surface area contributed by atoms with E-state index in [-0.39, 0.29) is 12.0 Å². The number of terminal acetylenes is 1. The molecule has 2 fully saturated rings. The lowest BCUT2D eigenvalue weighted by Gasteiger charge is -2.29. The first kappa shape index (κ1) is 9.54. The van der Waals surface area contributed by atoms with E-state index in [1.165, 1.54) is 32.4 Å². The highest BCUT2D eigenvalue weighted by Crippen LogP contribution is 2.37. The standard InChI is InChI=1S/C11H16N2O/c1-2-8-14-12-9-11-4-3-6-13(10-11)7-5-11/h1,9H,3-8,10H2. The highest BCUT2D eigenvalue weighted by Gasteiger charge is 2.39. The first-order valence-corrected chi connectivity index (χ1v) is 5.17. The highest BCUT2D eigenvalue weighted by molar-refractivity contribution is 5.66. The quantitative estimate of drug-likeness (QED) is 0.289. The normalized spacial score (nSPS) is 35.8. The molecular formula is C11H16N2O. The van der Waals surface area contributed by atoms with Gasteiger partial charge in [0.2, 0.25) is 0 Å². The summed E-state index contributed by atoms with van der Waals surface area (Å²) >= 11 is 0. The molecule has 2 aliphatic rings. The molecule has 2 unspecified atom stereocenters. The lowest BCUT2D eigenvalue weighted by atomic mass is 9.82. The summed E-state index contributed by atoms with van der Waals surface area (Å²) in [6, 6.07) is 0. The maximum Gasteiger partial charge on any atom is 0.177 e. The van der Waals surface area contributed by atoms with Crippen LogP contribution in [0.4, 0.5) is 0 Å². The smallest absolute Gasteiger partial charge is 0.177 e. The number of rotatable bonds is 3. The average Bonchev–Trinajstić information content (AvgIpc) is 2.50. The number of hydrogen-bond acceptors (Lipinski definition) is 3. The van der Waals surface area contributed by atoms with Crippen LogP contribution < -0.4 is 0 Å². The molecule has 0 N–H and O–H groups in total. The van der Waals surface area contributed by atoms with Crippen molar-refractivity contribution in [2.75, 3.05) is 26.2 Å². The molecule has 0 saturated carbocycles. The fraction of sp³-hybridized carbons (Fsp3) is 0.727. The van der Waals surface area contributed by atoms with Crippen molar-refractivity contribution in [2.45, 2.75) is 19.3 Å². The molecule has 76 valence electrons. The van der Waals surface area contributed by atoms with Crippen molar-refractivity contribution in [3.05, 3.63) is 0 Å². The topological polar surface area (TPSA) is 24.8 Å². The molecule has 0 aromatic heterocycles. The fourth-order valence-corrected chi connectivity index (χ4v) is 2.43. The van der Waals surface area contributed by atoms with Gasteiger partial charge in [0, 0.05) is 12.0 Å². The Morgan fingerprint density at radius 3 is 3.29 bits per heavy atom. The van der Waals surface area contributed by atoms with Gasteiger partial charge in [0.15, 0.2) is 6.61 Å². The van der Waals surface area contributed by atoms with Crippen LogP contribution in [-0.4, -0.2) is 37.4 Å². The molecule has 2 heterocycles. The van der Waals surface area contributed by atoms with Gasteiger partial charge in [0.25, 0.3) is 0 Å². The molecular weight excluding hydrogens is 176 g/mol. The maximum absolute atomic E-state index is 5.06. The lowest BCUT2D eigenvalue weighted by molar-refractivity contribution is 0.173. The number of piperidine rings is 1. The second kappa shape index (κ2) is 4.02. The van der Waals surface area contributed by atoms with E-state index >= 15 is 0 Å². The predicted octanol–water partition coefficient (Wildman–Crippen LogP) is 1.11. The van der Waals surface area contributed by atoms with E-state index in [9.17, 15) is 0 Å². The molecule has 0 spiro atoms. The van der Waals surface area contributed by atoms with Gasteiger partial charge in [0.1, 0.15) is 0 Å². The summed E-state index contributed by atoms with van der Waals surface area (Å²) < 4.78 is 0. The van der Waals surface area contributed by atoms with Gasteiger partial charge in [-0.1, -0.05) is 11.1 Å². The molecule has 3 nitrogen and oxygen atoms in total. The van der Waals surface area contributed by atoms with Crippen LogP contribution in [0, 0.1) is 17.8 Å². The van der Waals surface area contributed by atoms with E-state index in [2.05, 4.69) is 16.0 Å². The van der Waals surface area contributed by atoms with Gasteiger partial charge in [-0.25, -0.2) is 0 Å². The summed E-state index contributed by atoms with van der Waals surface area (Å²) in [7, 11) is 0. The summed E-state index contributed by atoms with van der Waals surface area (Å²) in [6.45, 7) is 3.88. The molecule has 2 atom stereocenters. The number of oxime groups is 1. The van der Waals surface area contributed by atoms with E-state index < -0.39 is 0 Å². The third-order valence-electron chi connectivity index (χ3n) is 3.16. The zero-order chi connectivity index (χ0) is 9.86. The Bertz CT molecular complexity index is 265. The van der Waals surface area contributed by atoms with E-state index in [0.717, 1.165) is 6.54 Å². The maximum atomic E-state index is 5.06. The van der Waals surface area contributed by atoms with Crippen molar-refractivity contribution in [2.24, 2.45) is 10.6 Å². The number of fused-ring (bicyclic) bond motifs is 2. The molecule has 0 aliphatic carbocycles. The molecule has 0 aromatic rings. The second-order valence-electron chi connectivity index (χ2n) is 4.20. The zero-order valence-electron chi connectivity index (χ0n) is 8.41. The third kappa shape index (κ3) is 1.91. The predicted molar refractivity (Wildman–Crippen MR) is 56.0 cm³/mol. The summed E-state index contributed by atoms with van der Waals surface area (Å²) in [4.78, 5) is 7.44. The van der Waals surface area contributed by atoms with Crippen molar-refractivity contribution in [1.29, 1.82) is 0 Å². The van der Waals surface area contributed by atoms with Gasteiger partial charge >= 0.3 is 0 Å². The first-order valence-electron chi connectivity index (χ1n) is 5.17. The second-order valence-corrected chi connectivity index (χ2v) is 4.20. The molecule has 2 aliphatic heterocycles. The molecule has 2 bridgehead atoms. The first-order chi connectivity index (χ1) is 6.85. The Balaban J connectivity index is 1.90. The van der Waals surface area contributed by atoms with Gasteiger partial charge < -0.3 is 9.74 Å². The van der Waals surface area contributed by atoms with Gasteiger partial charge in [-0.15, -0.1) is 6.42 Å². The number of nitrogens with zero attached hydrogens (tertiary/aromatic N) is 2. The van der Waals surface area contributed by atoms with Crippen LogP contribution in [0.3, 0.4) is 0 Å². The van der Waals surface area contributed by atoms with E-state index in [0.29, 0.717) is 0 Å². The summed E-state index contributed by atoms with van der Waals surface area (Å²) in [5.74, 6) is 2.40. The third-order valence-corrected chi connectivity index (χ3v) is 3.16. The van der Waals surface area contributed by atoms with E-state index in [1.807, 2.05) is 6.21 Å². The molecule has 0 amide bonds. The van der Waals surface area contributed by atoms with Crippen LogP contribution in [0.1, 0.15) is 19.3 Å². The Kier molecular flexibility index (Phi) is 2.74. The monoisotopic (exact) mass is 192 g/mol. The largest absolute Gasteiger partial charge is 0.383 e. The van der Waals surface area contributed by atoms with Crippen molar-refractivity contribution in [3.63, 3.8) is 0 Å². The average molecular weight is 192 g/mol. The molecule has 0 radical (unpaired) electrons.